The summed E-state index contributed by atoms with van der Waals surface area (Å²) >= 11 is 0. The number of hydrogen-bond acceptors (Lipinski definition) is 3. The summed E-state index contributed by atoms with van der Waals surface area (Å²) in [6.07, 6.45) is 6.01. The molecule has 0 saturated carbocycles. The van der Waals surface area contributed by atoms with Crippen LogP contribution in [-0.4, -0.2) is 29.4 Å². The Balaban J connectivity index is 1.39. The molecule has 4 heteroatoms. The van der Waals surface area contributed by atoms with Crippen molar-refractivity contribution in [3.63, 3.8) is 0 Å². The van der Waals surface area contributed by atoms with E-state index in [9.17, 15) is 4.79 Å². The first-order valence-corrected chi connectivity index (χ1v) is 10.6. The van der Waals surface area contributed by atoms with Crippen LogP contribution in [0.25, 0.3) is 0 Å². The molecule has 154 valence electrons. The van der Waals surface area contributed by atoms with Crippen molar-refractivity contribution in [1.29, 1.82) is 0 Å². The number of aromatic nitrogens is 1. The SMILES string of the molecule is COc1ccccc1CCC(=O)N1CCC[C@@H]1c1ccc(Cc2ccccc2)cn1. The molecule has 1 atom stereocenters. The van der Waals surface area contributed by atoms with Gasteiger partial charge in [-0.3, -0.25) is 9.78 Å². The number of benzene rings is 2. The Labute approximate surface area is 178 Å². The van der Waals surface area contributed by atoms with E-state index in [1.54, 1.807) is 7.11 Å². The van der Waals surface area contributed by atoms with Gasteiger partial charge in [-0.05, 0) is 54.5 Å². The van der Waals surface area contributed by atoms with Gasteiger partial charge < -0.3 is 9.64 Å². The van der Waals surface area contributed by atoms with Gasteiger partial charge in [0.25, 0.3) is 0 Å². The van der Waals surface area contributed by atoms with E-state index >= 15 is 0 Å². The van der Waals surface area contributed by atoms with Crippen molar-refractivity contribution in [3.8, 4) is 5.75 Å². The molecule has 4 nitrogen and oxygen atoms in total. The van der Waals surface area contributed by atoms with Crippen LogP contribution < -0.4 is 4.74 Å². The van der Waals surface area contributed by atoms with Gasteiger partial charge in [0.05, 0.1) is 18.8 Å². The average molecular weight is 401 g/mol. The van der Waals surface area contributed by atoms with Gasteiger partial charge in [-0.2, -0.15) is 0 Å². The Hall–Kier alpha value is -3.14. The number of pyridine rings is 1. The van der Waals surface area contributed by atoms with Crippen LogP contribution in [0.2, 0.25) is 0 Å². The number of amides is 1. The van der Waals surface area contributed by atoms with Gasteiger partial charge in [0.15, 0.2) is 0 Å². The predicted octanol–water partition coefficient (Wildman–Crippen LogP) is 4.98. The minimum Gasteiger partial charge on any atom is -0.496 e. The lowest BCUT2D eigenvalue weighted by molar-refractivity contribution is -0.132. The van der Waals surface area contributed by atoms with Crippen molar-refractivity contribution < 1.29 is 9.53 Å². The molecular weight excluding hydrogens is 372 g/mol. The van der Waals surface area contributed by atoms with Gasteiger partial charge in [-0.25, -0.2) is 0 Å². The number of ether oxygens (including phenoxy) is 1. The van der Waals surface area contributed by atoms with Crippen LogP contribution in [0.4, 0.5) is 0 Å². The van der Waals surface area contributed by atoms with Crippen molar-refractivity contribution in [2.24, 2.45) is 0 Å². The fraction of sp³-hybridized carbons (Fsp3) is 0.308. The van der Waals surface area contributed by atoms with Gasteiger partial charge >= 0.3 is 0 Å². The third-order valence-corrected chi connectivity index (χ3v) is 5.81. The number of para-hydroxylation sites is 1. The summed E-state index contributed by atoms with van der Waals surface area (Å²) < 4.78 is 5.41. The standard InChI is InChI=1S/C26H28N2O2/c1-30-25-12-6-5-10-22(25)14-16-26(29)28-17-7-11-24(28)23-15-13-21(19-27-23)18-20-8-3-2-4-9-20/h2-6,8-10,12-13,15,19,24H,7,11,14,16-18H2,1H3/t24-/m1/s1. The van der Waals surface area contributed by atoms with Gasteiger partial charge in [-0.1, -0.05) is 54.6 Å². The highest BCUT2D eigenvalue weighted by atomic mass is 16.5. The van der Waals surface area contributed by atoms with Crippen molar-refractivity contribution in [2.75, 3.05) is 13.7 Å². The zero-order valence-electron chi connectivity index (χ0n) is 17.5. The molecule has 1 aliphatic heterocycles. The molecule has 4 rings (SSSR count). The highest BCUT2D eigenvalue weighted by Crippen LogP contribution is 2.32. The highest BCUT2D eigenvalue weighted by molar-refractivity contribution is 5.77. The largest absolute Gasteiger partial charge is 0.496 e. The number of rotatable bonds is 7. The number of carbonyl (C=O) groups is 1. The van der Waals surface area contributed by atoms with Crippen LogP contribution in [0.1, 0.15) is 47.7 Å². The summed E-state index contributed by atoms with van der Waals surface area (Å²) in [7, 11) is 1.67. The molecule has 0 unspecified atom stereocenters. The lowest BCUT2D eigenvalue weighted by Crippen LogP contribution is -2.31. The molecule has 1 amide bonds. The molecule has 0 radical (unpaired) electrons. The second kappa shape index (κ2) is 9.57. The minimum absolute atomic E-state index is 0.0842. The number of methoxy groups -OCH3 is 1. The number of nitrogens with zero attached hydrogens (tertiary/aromatic N) is 2. The van der Waals surface area contributed by atoms with Gasteiger partial charge in [0.2, 0.25) is 5.91 Å². The summed E-state index contributed by atoms with van der Waals surface area (Å²) in [4.78, 5) is 19.7. The normalized spacial score (nSPS) is 15.9. The van der Waals surface area contributed by atoms with Crippen LogP contribution >= 0.6 is 0 Å². The smallest absolute Gasteiger partial charge is 0.223 e. The topological polar surface area (TPSA) is 42.4 Å². The molecule has 0 bridgehead atoms. The summed E-state index contributed by atoms with van der Waals surface area (Å²) in [5.74, 6) is 1.04. The molecule has 1 aromatic heterocycles. The van der Waals surface area contributed by atoms with E-state index in [-0.39, 0.29) is 11.9 Å². The summed E-state index contributed by atoms with van der Waals surface area (Å²) in [6, 6.07) is 22.6. The van der Waals surface area contributed by atoms with E-state index in [0.717, 1.165) is 42.8 Å². The Kier molecular flexibility index (Phi) is 6.43. The third-order valence-electron chi connectivity index (χ3n) is 5.81. The van der Waals surface area contributed by atoms with Crippen molar-refractivity contribution in [1.82, 2.24) is 9.88 Å². The van der Waals surface area contributed by atoms with Crippen molar-refractivity contribution >= 4 is 5.91 Å². The molecule has 0 N–H and O–H groups in total. The molecule has 0 aliphatic carbocycles. The zero-order chi connectivity index (χ0) is 20.8. The Morgan fingerprint density at radius 1 is 1.03 bits per heavy atom. The quantitative estimate of drug-likeness (QED) is 0.562. The second-order valence-electron chi connectivity index (χ2n) is 7.81. The maximum absolute atomic E-state index is 13.0. The van der Waals surface area contributed by atoms with Crippen LogP contribution in [-0.2, 0) is 17.6 Å². The van der Waals surface area contributed by atoms with Gasteiger partial charge in [0.1, 0.15) is 5.75 Å². The molecule has 1 fully saturated rings. The second-order valence-corrected chi connectivity index (χ2v) is 7.81. The Bertz CT molecular complexity index is 970. The fourth-order valence-electron chi connectivity index (χ4n) is 4.24. The van der Waals surface area contributed by atoms with Crippen molar-refractivity contribution in [3.05, 3.63) is 95.3 Å². The first kappa shape index (κ1) is 20.1. The van der Waals surface area contributed by atoms with E-state index < -0.39 is 0 Å². The average Bonchev–Trinajstić information content (AvgIpc) is 3.29. The maximum atomic E-state index is 13.0. The van der Waals surface area contributed by atoms with Crippen molar-refractivity contribution in [2.45, 2.75) is 38.1 Å². The van der Waals surface area contributed by atoms with Gasteiger partial charge in [-0.15, -0.1) is 0 Å². The molecule has 3 aromatic rings. The summed E-state index contributed by atoms with van der Waals surface area (Å²) in [5, 5.41) is 0. The van der Waals surface area contributed by atoms with E-state index in [1.165, 1.54) is 11.1 Å². The molecular formula is C26H28N2O2. The highest BCUT2D eigenvalue weighted by Gasteiger charge is 2.30. The number of carbonyl (C=O) groups excluding carboxylic acids is 1. The van der Waals surface area contributed by atoms with Gasteiger partial charge in [0, 0.05) is 19.2 Å². The van der Waals surface area contributed by atoms with Crippen LogP contribution in [0, 0.1) is 0 Å². The molecule has 30 heavy (non-hydrogen) atoms. The third kappa shape index (κ3) is 4.70. The van der Waals surface area contributed by atoms with E-state index in [4.69, 9.17) is 9.72 Å². The molecule has 0 spiro atoms. The summed E-state index contributed by atoms with van der Waals surface area (Å²) in [5.41, 5.74) is 4.54. The monoisotopic (exact) mass is 400 g/mol. The van der Waals surface area contributed by atoms with E-state index in [2.05, 4.69) is 36.4 Å². The fourth-order valence-corrected chi connectivity index (χ4v) is 4.24. The minimum atomic E-state index is 0.0842. The predicted molar refractivity (Wildman–Crippen MR) is 118 cm³/mol. The summed E-state index contributed by atoms with van der Waals surface area (Å²) in [6.45, 7) is 0.808. The molecule has 1 saturated heterocycles. The van der Waals surface area contributed by atoms with E-state index in [0.29, 0.717) is 12.8 Å². The Morgan fingerprint density at radius 3 is 2.60 bits per heavy atom. The lowest BCUT2D eigenvalue weighted by atomic mass is 10.0. The molecule has 1 aliphatic rings. The van der Waals surface area contributed by atoms with Crippen LogP contribution in [0.5, 0.6) is 5.75 Å². The molecule has 2 aromatic carbocycles. The maximum Gasteiger partial charge on any atom is 0.223 e. The van der Waals surface area contributed by atoms with Crippen LogP contribution in [0.3, 0.4) is 0 Å². The lowest BCUT2D eigenvalue weighted by Gasteiger charge is -2.24. The molecule has 2 heterocycles. The first-order chi connectivity index (χ1) is 14.7. The first-order valence-electron chi connectivity index (χ1n) is 10.6. The number of hydrogen-bond donors (Lipinski definition) is 0. The number of likely N-dealkylation sites (tertiary alicyclic amines) is 1. The van der Waals surface area contributed by atoms with Crippen LogP contribution in [0.15, 0.2) is 72.9 Å². The zero-order valence-corrected chi connectivity index (χ0v) is 17.5. The van der Waals surface area contributed by atoms with E-state index in [1.807, 2.05) is 41.4 Å². The Morgan fingerprint density at radius 2 is 1.83 bits per heavy atom. The number of aryl methyl sites for hydroxylation is 1.